The van der Waals surface area contributed by atoms with Gasteiger partial charge in [-0.2, -0.15) is 5.10 Å². The first kappa shape index (κ1) is 28.9. The number of halogens is 1. The Bertz CT molecular complexity index is 1640. The van der Waals surface area contributed by atoms with Gasteiger partial charge in [-0.1, -0.05) is 39.0 Å². The summed E-state index contributed by atoms with van der Waals surface area (Å²) in [6, 6.07) is 14.7. The maximum atomic E-state index is 15.3. The van der Waals surface area contributed by atoms with Crippen molar-refractivity contribution in [2.75, 3.05) is 26.2 Å². The van der Waals surface area contributed by atoms with E-state index in [1.165, 1.54) is 16.7 Å². The van der Waals surface area contributed by atoms with E-state index in [-0.39, 0.29) is 34.5 Å². The number of hydrogen-bond donors (Lipinski definition) is 3. The normalized spacial score (nSPS) is 14.0. The molecule has 1 fully saturated rings. The number of benzene rings is 3. The van der Waals surface area contributed by atoms with Crippen LogP contribution in [-0.4, -0.2) is 67.0 Å². The molecule has 0 unspecified atom stereocenters. The van der Waals surface area contributed by atoms with Gasteiger partial charge < -0.3 is 19.8 Å². The number of H-pyrrole nitrogens is 1. The zero-order valence-corrected chi connectivity index (χ0v) is 23.8. The smallest absolute Gasteiger partial charge is 0.415 e. The number of aromatic nitrogens is 3. The van der Waals surface area contributed by atoms with Gasteiger partial charge in [-0.05, 0) is 53.8 Å². The summed E-state index contributed by atoms with van der Waals surface area (Å²) in [4.78, 5) is 29.0. The van der Waals surface area contributed by atoms with Gasteiger partial charge in [-0.15, -0.1) is 0 Å². The Morgan fingerprint density at radius 1 is 1.02 bits per heavy atom. The van der Waals surface area contributed by atoms with Crippen LogP contribution < -0.4 is 10.4 Å². The largest absolute Gasteiger partial charge is 0.508 e. The number of aryl methyl sites for hydroxylation is 1. The van der Waals surface area contributed by atoms with E-state index in [9.17, 15) is 19.8 Å². The third-order valence-corrected chi connectivity index (χ3v) is 7.54. The highest BCUT2D eigenvalue weighted by atomic mass is 19.1. The standard InChI is InChI=1S/C31H34FN5O5/c1-4-20-5-9-23(10-6-20)42-31(41)36-13-11-35(12-14-36)18-21-7-8-22(15-26(21)32)37-29(33-34-30(37)40)25-16-24(19(2)3)27(38)17-28(25)39/h5-10,15-17,19,38-39H,4,11-14,18H2,1-3H3,(H,34,40). The van der Waals surface area contributed by atoms with Crippen molar-refractivity contribution in [2.24, 2.45) is 0 Å². The van der Waals surface area contributed by atoms with Crippen LogP contribution in [0.3, 0.4) is 0 Å². The third-order valence-electron chi connectivity index (χ3n) is 7.54. The van der Waals surface area contributed by atoms with Crippen LogP contribution in [0.1, 0.15) is 43.4 Å². The summed E-state index contributed by atoms with van der Waals surface area (Å²) in [6.45, 7) is 8.17. The van der Waals surface area contributed by atoms with Crippen molar-refractivity contribution in [2.45, 2.75) is 39.7 Å². The topological polar surface area (TPSA) is 124 Å². The molecule has 0 aliphatic carbocycles. The lowest BCUT2D eigenvalue weighted by atomic mass is 9.98. The van der Waals surface area contributed by atoms with E-state index >= 15 is 4.39 Å². The second kappa shape index (κ2) is 12.1. The lowest BCUT2D eigenvalue weighted by molar-refractivity contribution is 0.107. The van der Waals surface area contributed by atoms with Crippen LogP contribution >= 0.6 is 0 Å². The Hall–Kier alpha value is -4.64. The molecule has 42 heavy (non-hydrogen) atoms. The summed E-state index contributed by atoms with van der Waals surface area (Å²) in [7, 11) is 0. The van der Waals surface area contributed by atoms with E-state index in [1.807, 2.05) is 26.0 Å². The molecule has 5 rings (SSSR count). The van der Waals surface area contributed by atoms with E-state index in [4.69, 9.17) is 4.74 Å². The lowest BCUT2D eigenvalue weighted by Crippen LogP contribution is -2.49. The molecule has 2 heterocycles. The molecule has 11 heteroatoms. The SMILES string of the molecule is CCc1ccc(OC(=O)N2CCN(Cc3ccc(-n4c(-c5cc(C(C)C)c(O)cc5O)n[nH]c4=O)cc3F)CC2)cc1. The summed E-state index contributed by atoms with van der Waals surface area (Å²) in [5.74, 6) is -0.275. The maximum absolute atomic E-state index is 15.3. The lowest BCUT2D eigenvalue weighted by Gasteiger charge is -2.34. The number of nitrogens with one attached hydrogen (secondary N) is 1. The monoisotopic (exact) mass is 575 g/mol. The van der Waals surface area contributed by atoms with Gasteiger partial charge in [0.1, 0.15) is 23.1 Å². The Morgan fingerprint density at radius 3 is 2.38 bits per heavy atom. The van der Waals surface area contributed by atoms with Crippen LogP contribution in [0.25, 0.3) is 17.1 Å². The van der Waals surface area contributed by atoms with Gasteiger partial charge in [0.15, 0.2) is 5.82 Å². The summed E-state index contributed by atoms with van der Waals surface area (Å²) in [5, 5.41) is 27.2. The number of nitrogens with zero attached hydrogens (tertiary/aromatic N) is 4. The minimum atomic E-state index is -0.597. The predicted molar refractivity (Wildman–Crippen MR) is 156 cm³/mol. The average molecular weight is 576 g/mol. The van der Waals surface area contributed by atoms with Crippen molar-refractivity contribution >= 4 is 6.09 Å². The van der Waals surface area contributed by atoms with Crippen molar-refractivity contribution in [1.82, 2.24) is 24.6 Å². The first-order chi connectivity index (χ1) is 20.1. The number of phenols is 2. The maximum Gasteiger partial charge on any atom is 0.415 e. The summed E-state index contributed by atoms with van der Waals surface area (Å²) in [6.07, 6.45) is 0.502. The van der Waals surface area contributed by atoms with Crippen LogP contribution in [-0.2, 0) is 13.0 Å². The highest BCUT2D eigenvalue weighted by Gasteiger charge is 2.24. The molecule has 0 spiro atoms. The molecule has 1 saturated heterocycles. The van der Waals surface area contributed by atoms with Gasteiger partial charge in [0.2, 0.25) is 0 Å². The van der Waals surface area contributed by atoms with Gasteiger partial charge in [0.25, 0.3) is 0 Å². The minimum Gasteiger partial charge on any atom is -0.508 e. The van der Waals surface area contributed by atoms with Crippen LogP contribution in [0.15, 0.2) is 59.4 Å². The fourth-order valence-corrected chi connectivity index (χ4v) is 5.04. The zero-order chi connectivity index (χ0) is 30.0. The number of rotatable bonds is 7. The van der Waals surface area contributed by atoms with Crippen molar-refractivity contribution in [3.05, 3.63) is 87.6 Å². The van der Waals surface area contributed by atoms with Crippen LogP contribution in [0.2, 0.25) is 0 Å². The number of ether oxygens (including phenoxy) is 1. The number of phenolic OH excluding ortho intramolecular Hbond substituents is 2. The molecule has 0 radical (unpaired) electrons. The Labute approximate surface area is 242 Å². The van der Waals surface area contributed by atoms with Crippen LogP contribution in [0.4, 0.5) is 9.18 Å². The molecular formula is C31H34FN5O5. The van der Waals surface area contributed by atoms with E-state index in [0.29, 0.717) is 49.6 Å². The molecular weight excluding hydrogens is 541 g/mol. The van der Waals surface area contributed by atoms with Gasteiger partial charge in [0, 0.05) is 44.4 Å². The van der Waals surface area contributed by atoms with Crippen molar-refractivity contribution < 1.29 is 24.1 Å². The Balaban J connectivity index is 1.26. The van der Waals surface area contributed by atoms with Crippen LogP contribution in [0.5, 0.6) is 17.2 Å². The Morgan fingerprint density at radius 2 is 1.74 bits per heavy atom. The predicted octanol–water partition coefficient (Wildman–Crippen LogP) is 4.78. The first-order valence-electron chi connectivity index (χ1n) is 13.9. The quantitative estimate of drug-likeness (QED) is 0.290. The van der Waals surface area contributed by atoms with E-state index < -0.39 is 17.6 Å². The third kappa shape index (κ3) is 6.01. The highest BCUT2D eigenvalue weighted by Crippen LogP contribution is 2.37. The number of aromatic amines is 1. The molecule has 3 N–H and O–H groups in total. The van der Waals surface area contributed by atoms with E-state index in [2.05, 4.69) is 22.0 Å². The molecule has 1 amide bonds. The molecule has 0 atom stereocenters. The first-order valence-corrected chi connectivity index (χ1v) is 13.9. The van der Waals surface area contributed by atoms with E-state index in [0.717, 1.165) is 12.0 Å². The fourth-order valence-electron chi connectivity index (χ4n) is 5.04. The van der Waals surface area contributed by atoms with Gasteiger partial charge >= 0.3 is 11.8 Å². The average Bonchev–Trinajstić information content (AvgIpc) is 3.35. The van der Waals surface area contributed by atoms with Crippen molar-refractivity contribution in [3.63, 3.8) is 0 Å². The van der Waals surface area contributed by atoms with Crippen LogP contribution in [0, 0.1) is 5.82 Å². The Kier molecular flexibility index (Phi) is 8.30. The molecule has 1 aromatic heterocycles. The molecule has 1 aliphatic rings. The molecule has 1 aliphatic heterocycles. The molecule has 220 valence electrons. The van der Waals surface area contributed by atoms with Gasteiger partial charge in [-0.3, -0.25) is 4.90 Å². The highest BCUT2D eigenvalue weighted by molar-refractivity contribution is 5.71. The number of amides is 1. The molecule has 10 nitrogen and oxygen atoms in total. The number of piperazine rings is 1. The molecule has 0 saturated carbocycles. The summed E-state index contributed by atoms with van der Waals surface area (Å²) < 4.78 is 22.0. The molecule has 3 aromatic carbocycles. The van der Waals surface area contributed by atoms with E-state index in [1.54, 1.807) is 35.2 Å². The number of carbonyl (C=O) groups is 1. The number of carbonyl (C=O) groups excluding carboxylic acids is 1. The van der Waals surface area contributed by atoms with Crippen molar-refractivity contribution in [3.8, 4) is 34.3 Å². The van der Waals surface area contributed by atoms with Gasteiger partial charge in [0.05, 0.1) is 11.3 Å². The van der Waals surface area contributed by atoms with Crippen molar-refractivity contribution in [1.29, 1.82) is 0 Å². The van der Waals surface area contributed by atoms with Gasteiger partial charge in [-0.25, -0.2) is 23.6 Å². The number of aromatic hydroxyl groups is 2. The second-order valence-corrected chi connectivity index (χ2v) is 10.7. The summed E-state index contributed by atoms with van der Waals surface area (Å²) >= 11 is 0. The summed E-state index contributed by atoms with van der Waals surface area (Å²) in [5.41, 5.74) is 2.05. The fraction of sp³-hybridized carbons (Fsp3) is 0.323. The molecule has 4 aromatic rings. The number of hydrogen-bond acceptors (Lipinski definition) is 7. The second-order valence-electron chi connectivity index (χ2n) is 10.7. The minimum absolute atomic E-state index is 0.0503. The zero-order valence-electron chi connectivity index (χ0n) is 23.8. The molecule has 0 bridgehead atoms.